The summed E-state index contributed by atoms with van der Waals surface area (Å²) in [5.74, 6) is 0.0931. The average Bonchev–Trinajstić information content (AvgIpc) is 2.64. The first-order valence-corrected chi connectivity index (χ1v) is 5.63. The van der Waals surface area contributed by atoms with Gasteiger partial charge in [0.1, 0.15) is 12.4 Å². The lowest BCUT2D eigenvalue weighted by Crippen LogP contribution is -2.34. The van der Waals surface area contributed by atoms with Gasteiger partial charge in [0.05, 0.1) is 17.6 Å². The van der Waals surface area contributed by atoms with Gasteiger partial charge in [0.2, 0.25) is 0 Å². The fourth-order valence-electron chi connectivity index (χ4n) is 1.65. The quantitative estimate of drug-likeness (QED) is 0.795. The van der Waals surface area contributed by atoms with Crippen LogP contribution in [0.3, 0.4) is 0 Å². The molecule has 0 unspecified atom stereocenters. The van der Waals surface area contributed by atoms with Crippen molar-refractivity contribution in [3.63, 3.8) is 0 Å². The molecule has 0 aliphatic rings. The predicted octanol–water partition coefficient (Wildman–Crippen LogP) is 1.76. The van der Waals surface area contributed by atoms with E-state index in [9.17, 15) is 12.9 Å². The Labute approximate surface area is 108 Å². The molecule has 0 aliphatic carbocycles. The predicted molar refractivity (Wildman–Crippen MR) is 65.2 cm³/mol. The lowest BCUT2D eigenvalue weighted by atomic mass is 9.81. The van der Waals surface area contributed by atoms with Gasteiger partial charge >= 0.3 is 6.98 Å². The molecule has 0 fully saturated rings. The number of halogens is 3. The third-order valence-corrected chi connectivity index (χ3v) is 2.60. The Morgan fingerprint density at radius 1 is 1.26 bits per heavy atom. The van der Waals surface area contributed by atoms with E-state index in [0.717, 1.165) is 23.7 Å². The molecule has 0 radical (unpaired) electrons. The number of ether oxygens (including phenoxy) is 1. The van der Waals surface area contributed by atoms with Crippen LogP contribution in [0.25, 0.3) is 0 Å². The van der Waals surface area contributed by atoms with Crippen LogP contribution in [0.5, 0.6) is 5.75 Å². The third kappa shape index (κ3) is 3.27. The molecule has 2 aromatic heterocycles. The van der Waals surface area contributed by atoms with Gasteiger partial charge in [0.25, 0.3) is 0 Å². The average molecular weight is 270 g/mol. The number of hydrogen-bond acceptors (Lipinski definition) is 3. The topological polar surface area (TPSA) is 39.9 Å². The zero-order valence-corrected chi connectivity index (χ0v) is 10.5. The summed E-state index contributed by atoms with van der Waals surface area (Å²) in [6, 6.07) is 2.77. The first-order valence-electron chi connectivity index (χ1n) is 5.63. The molecule has 2 rings (SSSR count). The molecule has 0 aromatic carbocycles. The Morgan fingerprint density at radius 2 is 2.00 bits per heavy atom. The first kappa shape index (κ1) is 13.4. The van der Waals surface area contributed by atoms with Gasteiger partial charge in [-0.1, -0.05) is 5.46 Å². The van der Waals surface area contributed by atoms with Crippen LogP contribution >= 0.6 is 0 Å². The van der Waals surface area contributed by atoms with Crippen molar-refractivity contribution in [1.29, 1.82) is 0 Å². The molecule has 0 saturated heterocycles. The van der Waals surface area contributed by atoms with E-state index in [1.54, 1.807) is 11.7 Å². The van der Waals surface area contributed by atoms with E-state index >= 15 is 0 Å². The molecule has 0 N–H and O–H groups in total. The van der Waals surface area contributed by atoms with Crippen molar-refractivity contribution in [1.82, 2.24) is 14.8 Å². The van der Waals surface area contributed by atoms with E-state index in [1.807, 2.05) is 13.0 Å². The highest BCUT2D eigenvalue weighted by molar-refractivity contribution is 6.73. The molecule has 0 spiro atoms. The molecule has 0 bridgehead atoms. The molecular weight excluding hydrogens is 258 g/mol. The molecular formula is C11H12BF3N3O-. The number of rotatable bonds is 4. The van der Waals surface area contributed by atoms with Gasteiger partial charge in [-0.3, -0.25) is 9.67 Å². The number of aromatic nitrogens is 3. The van der Waals surface area contributed by atoms with E-state index in [1.165, 1.54) is 6.20 Å². The minimum atomic E-state index is -5.06. The Balaban J connectivity index is 2.10. The highest BCUT2D eigenvalue weighted by Gasteiger charge is 2.26. The highest BCUT2D eigenvalue weighted by Crippen LogP contribution is 2.14. The number of nitrogens with zero attached hydrogens (tertiary/aromatic N) is 3. The lowest BCUT2D eigenvalue weighted by molar-refractivity contribution is 0.294. The molecule has 2 heterocycles. The minimum Gasteiger partial charge on any atom is -0.486 e. The van der Waals surface area contributed by atoms with Crippen LogP contribution in [-0.2, 0) is 13.7 Å². The minimum absolute atomic E-state index is 0.0931. The largest absolute Gasteiger partial charge is 0.511 e. The zero-order chi connectivity index (χ0) is 14.0. The van der Waals surface area contributed by atoms with Gasteiger partial charge in [0.15, 0.2) is 0 Å². The monoisotopic (exact) mass is 270 g/mol. The Bertz CT molecular complexity index is 583. The molecule has 0 saturated carbocycles. The summed E-state index contributed by atoms with van der Waals surface area (Å²) in [5.41, 5.74) is 0.839. The second-order valence-corrected chi connectivity index (χ2v) is 4.22. The molecule has 19 heavy (non-hydrogen) atoms. The van der Waals surface area contributed by atoms with Crippen LogP contribution in [-0.4, -0.2) is 21.7 Å². The number of aryl methyl sites for hydroxylation is 2. The van der Waals surface area contributed by atoms with E-state index in [-0.39, 0.29) is 12.4 Å². The smallest absolute Gasteiger partial charge is 0.486 e. The van der Waals surface area contributed by atoms with Crippen LogP contribution in [0.15, 0.2) is 24.5 Å². The fraction of sp³-hybridized carbons (Fsp3) is 0.273. The van der Waals surface area contributed by atoms with Gasteiger partial charge < -0.3 is 17.7 Å². The maximum absolute atomic E-state index is 12.6. The van der Waals surface area contributed by atoms with Crippen LogP contribution in [0, 0.1) is 6.92 Å². The summed E-state index contributed by atoms with van der Waals surface area (Å²) < 4.78 is 44.6. The Hall–Kier alpha value is -1.99. The van der Waals surface area contributed by atoms with E-state index in [2.05, 4.69) is 10.1 Å². The van der Waals surface area contributed by atoms with Crippen LogP contribution < -0.4 is 10.2 Å². The maximum Gasteiger partial charge on any atom is 0.511 e. The van der Waals surface area contributed by atoms with Crippen molar-refractivity contribution in [2.24, 2.45) is 7.05 Å². The summed E-state index contributed by atoms with van der Waals surface area (Å²) in [7, 11) is 1.75. The fourth-order valence-corrected chi connectivity index (χ4v) is 1.65. The van der Waals surface area contributed by atoms with Crippen molar-refractivity contribution in [3.8, 4) is 5.75 Å². The second-order valence-electron chi connectivity index (χ2n) is 4.22. The van der Waals surface area contributed by atoms with Gasteiger partial charge in [-0.2, -0.15) is 5.10 Å². The van der Waals surface area contributed by atoms with Crippen LogP contribution in [0.2, 0.25) is 0 Å². The normalized spacial score (nSPS) is 11.6. The van der Waals surface area contributed by atoms with E-state index < -0.39 is 12.4 Å². The van der Waals surface area contributed by atoms with E-state index in [4.69, 9.17) is 4.74 Å². The van der Waals surface area contributed by atoms with Crippen LogP contribution in [0.4, 0.5) is 12.9 Å². The van der Waals surface area contributed by atoms with Crippen molar-refractivity contribution >= 4 is 12.4 Å². The molecule has 4 nitrogen and oxygen atoms in total. The molecule has 8 heteroatoms. The SMILES string of the molecule is Cc1cc(COc2cncc([B-](F)(F)F)c2)n(C)n1. The van der Waals surface area contributed by atoms with E-state index in [0.29, 0.717) is 0 Å². The molecule has 2 aromatic rings. The summed E-state index contributed by atoms with van der Waals surface area (Å²) in [6.07, 6.45) is 2.05. The molecule has 0 aliphatic heterocycles. The van der Waals surface area contributed by atoms with Crippen molar-refractivity contribution in [2.45, 2.75) is 13.5 Å². The van der Waals surface area contributed by atoms with Crippen molar-refractivity contribution in [3.05, 3.63) is 35.9 Å². The number of pyridine rings is 1. The number of hydrogen-bond donors (Lipinski definition) is 0. The van der Waals surface area contributed by atoms with Gasteiger partial charge in [-0.15, -0.1) is 0 Å². The molecule has 0 atom stereocenters. The summed E-state index contributed by atoms with van der Waals surface area (Å²) in [4.78, 5) is 3.54. The highest BCUT2D eigenvalue weighted by atomic mass is 19.4. The summed E-state index contributed by atoms with van der Waals surface area (Å²) >= 11 is 0. The Morgan fingerprint density at radius 3 is 2.58 bits per heavy atom. The molecule has 102 valence electrons. The third-order valence-electron chi connectivity index (χ3n) is 2.60. The summed E-state index contributed by atoms with van der Waals surface area (Å²) in [5, 5.41) is 4.12. The van der Waals surface area contributed by atoms with Crippen molar-refractivity contribution in [2.75, 3.05) is 0 Å². The summed E-state index contributed by atoms with van der Waals surface area (Å²) in [6.45, 7) is -3.08. The zero-order valence-electron chi connectivity index (χ0n) is 10.5. The molecule has 0 amide bonds. The lowest BCUT2D eigenvalue weighted by Gasteiger charge is -2.15. The van der Waals surface area contributed by atoms with Gasteiger partial charge in [0, 0.05) is 13.2 Å². The Kier molecular flexibility index (Phi) is 3.50. The van der Waals surface area contributed by atoms with Gasteiger partial charge in [-0.25, -0.2) is 0 Å². The first-order chi connectivity index (χ1) is 8.86. The van der Waals surface area contributed by atoms with Crippen LogP contribution in [0.1, 0.15) is 11.4 Å². The van der Waals surface area contributed by atoms with Crippen molar-refractivity contribution < 1.29 is 17.7 Å². The second kappa shape index (κ2) is 4.95. The standard InChI is InChI=1S/C11H12BF3N3O/c1-8-3-10(18(2)17-8)7-19-11-4-9(5-16-6-11)12(13,14)15/h3-6H,7H2,1-2H3/q-1. The van der Waals surface area contributed by atoms with Gasteiger partial charge in [-0.05, 0) is 19.1 Å². The maximum atomic E-state index is 12.6.